The Bertz CT molecular complexity index is 537. The summed E-state index contributed by atoms with van der Waals surface area (Å²) in [5.74, 6) is 5.71. The lowest BCUT2D eigenvalue weighted by Crippen LogP contribution is -2.31. The smallest absolute Gasteiger partial charge is 0.102 e. The van der Waals surface area contributed by atoms with Gasteiger partial charge in [-0.1, -0.05) is 29.9 Å². The van der Waals surface area contributed by atoms with Crippen LogP contribution in [-0.2, 0) is 13.0 Å². The normalized spacial score (nSPS) is 12.8. The lowest BCUT2D eigenvalue weighted by atomic mass is 10.1. The van der Waals surface area contributed by atoms with Gasteiger partial charge in [0.15, 0.2) is 0 Å². The van der Waals surface area contributed by atoms with Gasteiger partial charge in [-0.25, -0.2) is 5.43 Å². The quantitative estimate of drug-likeness (QED) is 0.629. The van der Waals surface area contributed by atoms with Crippen LogP contribution < -0.4 is 11.3 Å². The number of hydrazine groups is 1. The molecule has 0 saturated heterocycles. The SMILES string of the molecule is CCCn1ncc(Cl)c1C(NN)c1snnc1CC. The molecule has 2 aromatic rings. The second-order valence-electron chi connectivity index (χ2n) is 4.14. The molecule has 104 valence electrons. The Kier molecular flexibility index (Phi) is 4.87. The molecule has 0 aliphatic carbocycles. The van der Waals surface area contributed by atoms with Gasteiger partial charge >= 0.3 is 0 Å². The highest BCUT2D eigenvalue weighted by molar-refractivity contribution is 7.05. The van der Waals surface area contributed by atoms with Crippen molar-refractivity contribution in [1.29, 1.82) is 0 Å². The van der Waals surface area contributed by atoms with Gasteiger partial charge in [0.2, 0.25) is 0 Å². The van der Waals surface area contributed by atoms with E-state index in [9.17, 15) is 0 Å². The Balaban J connectivity index is 2.45. The molecule has 0 aliphatic rings. The summed E-state index contributed by atoms with van der Waals surface area (Å²) in [4.78, 5) is 0.991. The Hall–Kier alpha value is -1.02. The number of hydrogen-bond donors (Lipinski definition) is 2. The van der Waals surface area contributed by atoms with Gasteiger partial charge in [0.1, 0.15) is 6.04 Å². The van der Waals surface area contributed by atoms with Crippen molar-refractivity contribution >= 4 is 23.1 Å². The van der Waals surface area contributed by atoms with E-state index in [1.165, 1.54) is 11.5 Å². The number of nitrogens with two attached hydrogens (primary N) is 1. The maximum Gasteiger partial charge on any atom is 0.102 e. The molecule has 19 heavy (non-hydrogen) atoms. The molecule has 2 aromatic heterocycles. The minimum absolute atomic E-state index is 0.225. The first-order valence-corrected chi connectivity index (χ1v) is 7.36. The molecule has 0 radical (unpaired) electrons. The summed E-state index contributed by atoms with van der Waals surface area (Å²) in [5.41, 5.74) is 4.61. The van der Waals surface area contributed by atoms with Crippen LogP contribution in [-0.4, -0.2) is 19.4 Å². The summed E-state index contributed by atoms with van der Waals surface area (Å²) < 4.78 is 5.88. The summed E-state index contributed by atoms with van der Waals surface area (Å²) in [6.45, 7) is 4.93. The summed E-state index contributed by atoms with van der Waals surface area (Å²) in [7, 11) is 0. The van der Waals surface area contributed by atoms with E-state index in [2.05, 4.69) is 27.0 Å². The average Bonchev–Trinajstić information content (AvgIpc) is 3.01. The monoisotopic (exact) mass is 300 g/mol. The highest BCUT2D eigenvalue weighted by Crippen LogP contribution is 2.31. The van der Waals surface area contributed by atoms with Gasteiger partial charge in [-0.2, -0.15) is 5.10 Å². The van der Waals surface area contributed by atoms with Gasteiger partial charge in [0.25, 0.3) is 0 Å². The Labute approximate surface area is 121 Å². The average molecular weight is 301 g/mol. The third kappa shape index (κ3) is 2.79. The first kappa shape index (κ1) is 14.4. The molecule has 2 heterocycles. The van der Waals surface area contributed by atoms with Crippen molar-refractivity contribution in [3.05, 3.63) is 27.5 Å². The predicted octanol–water partition coefficient (Wildman–Crippen LogP) is 1.91. The minimum atomic E-state index is -0.225. The van der Waals surface area contributed by atoms with Gasteiger partial charge in [-0.05, 0) is 24.4 Å². The summed E-state index contributed by atoms with van der Waals surface area (Å²) in [6, 6.07) is -0.225. The number of rotatable bonds is 6. The molecular formula is C11H17ClN6S. The van der Waals surface area contributed by atoms with Crippen molar-refractivity contribution < 1.29 is 0 Å². The molecule has 6 nitrogen and oxygen atoms in total. The third-order valence-electron chi connectivity index (χ3n) is 2.89. The zero-order chi connectivity index (χ0) is 13.8. The molecule has 0 aromatic carbocycles. The first-order chi connectivity index (χ1) is 9.22. The van der Waals surface area contributed by atoms with Gasteiger partial charge in [0.05, 0.1) is 27.5 Å². The van der Waals surface area contributed by atoms with Crippen molar-refractivity contribution in [1.82, 2.24) is 24.8 Å². The minimum Gasteiger partial charge on any atom is -0.270 e. The van der Waals surface area contributed by atoms with E-state index in [0.717, 1.165) is 35.7 Å². The summed E-state index contributed by atoms with van der Waals surface area (Å²) in [6.07, 6.45) is 3.43. The van der Waals surface area contributed by atoms with Crippen LogP contribution in [0.15, 0.2) is 6.20 Å². The maximum absolute atomic E-state index is 6.25. The molecule has 0 fully saturated rings. The fourth-order valence-corrected chi connectivity index (χ4v) is 3.06. The Morgan fingerprint density at radius 2 is 2.32 bits per heavy atom. The predicted molar refractivity (Wildman–Crippen MR) is 76.0 cm³/mol. The molecule has 0 saturated carbocycles. The van der Waals surface area contributed by atoms with Crippen LogP contribution in [0.2, 0.25) is 5.02 Å². The van der Waals surface area contributed by atoms with Gasteiger partial charge in [-0.15, -0.1) is 5.10 Å². The van der Waals surface area contributed by atoms with Crippen molar-refractivity contribution in [2.45, 2.75) is 39.3 Å². The number of nitrogens with zero attached hydrogens (tertiary/aromatic N) is 4. The number of hydrogen-bond acceptors (Lipinski definition) is 6. The van der Waals surface area contributed by atoms with Crippen LogP contribution >= 0.6 is 23.1 Å². The van der Waals surface area contributed by atoms with Crippen molar-refractivity contribution in [2.24, 2.45) is 5.84 Å². The van der Waals surface area contributed by atoms with E-state index >= 15 is 0 Å². The highest BCUT2D eigenvalue weighted by atomic mass is 35.5. The first-order valence-electron chi connectivity index (χ1n) is 6.21. The third-order valence-corrected chi connectivity index (χ3v) is 4.01. The standard InChI is InChI=1S/C11H17ClN6S/c1-3-5-18-10(7(12)6-14-18)9(15-13)11-8(4-2)16-17-19-11/h6,9,15H,3-5,13H2,1-2H3. The maximum atomic E-state index is 6.25. The lowest BCUT2D eigenvalue weighted by Gasteiger charge is -2.17. The molecular weight excluding hydrogens is 284 g/mol. The molecule has 0 bridgehead atoms. The summed E-state index contributed by atoms with van der Waals surface area (Å²) >= 11 is 7.59. The zero-order valence-electron chi connectivity index (χ0n) is 10.9. The fourth-order valence-electron chi connectivity index (χ4n) is 2.01. The highest BCUT2D eigenvalue weighted by Gasteiger charge is 2.25. The molecule has 1 unspecified atom stereocenters. The summed E-state index contributed by atoms with van der Waals surface area (Å²) in [5, 5.41) is 9.02. The zero-order valence-corrected chi connectivity index (χ0v) is 12.5. The van der Waals surface area contributed by atoms with Gasteiger partial charge in [-0.3, -0.25) is 10.5 Å². The Morgan fingerprint density at radius 1 is 1.53 bits per heavy atom. The molecule has 0 spiro atoms. The second kappa shape index (κ2) is 6.42. The fraction of sp³-hybridized carbons (Fsp3) is 0.545. The van der Waals surface area contributed by atoms with Gasteiger partial charge in [0, 0.05) is 6.54 Å². The van der Waals surface area contributed by atoms with E-state index in [4.69, 9.17) is 17.4 Å². The number of aromatic nitrogens is 4. The number of aryl methyl sites for hydroxylation is 2. The van der Waals surface area contributed by atoms with Crippen LogP contribution in [0.25, 0.3) is 0 Å². The van der Waals surface area contributed by atoms with Crippen LogP contribution in [0.1, 0.15) is 42.6 Å². The number of nitrogens with one attached hydrogen (secondary N) is 1. The molecule has 2 rings (SSSR count). The topological polar surface area (TPSA) is 81.7 Å². The number of halogens is 1. The molecule has 0 aliphatic heterocycles. The molecule has 0 amide bonds. The van der Waals surface area contributed by atoms with Crippen molar-refractivity contribution in [2.75, 3.05) is 0 Å². The van der Waals surface area contributed by atoms with Crippen molar-refractivity contribution in [3.8, 4) is 0 Å². The van der Waals surface area contributed by atoms with Crippen LogP contribution in [0.4, 0.5) is 0 Å². The van der Waals surface area contributed by atoms with E-state index < -0.39 is 0 Å². The second-order valence-corrected chi connectivity index (χ2v) is 5.33. The molecule has 3 N–H and O–H groups in total. The van der Waals surface area contributed by atoms with E-state index in [1.54, 1.807) is 6.20 Å². The van der Waals surface area contributed by atoms with E-state index in [-0.39, 0.29) is 6.04 Å². The van der Waals surface area contributed by atoms with Crippen LogP contribution in [0.3, 0.4) is 0 Å². The van der Waals surface area contributed by atoms with Crippen LogP contribution in [0, 0.1) is 0 Å². The van der Waals surface area contributed by atoms with Crippen molar-refractivity contribution in [3.63, 3.8) is 0 Å². The van der Waals surface area contributed by atoms with Gasteiger partial charge < -0.3 is 0 Å². The molecule has 8 heteroatoms. The van der Waals surface area contributed by atoms with Crippen LogP contribution in [0.5, 0.6) is 0 Å². The largest absolute Gasteiger partial charge is 0.270 e. The molecule has 1 atom stereocenters. The van der Waals surface area contributed by atoms with E-state index in [1.807, 2.05) is 11.6 Å². The Morgan fingerprint density at radius 3 is 2.95 bits per heavy atom. The van der Waals surface area contributed by atoms with E-state index in [0.29, 0.717) is 5.02 Å². The lowest BCUT2D eigenvalue weighted by molar-refractivity contribution is 0.522.